The molecular weight excluding hydrogens is 1990 g/mol. The molecule has 10 N–H and O–H groups in total. The van der Waals surface area contributed by atoms with Crippen LogP contribution in [0, 0.1) is 5.92 Å². The smallest absolute Gasteiger partial charge is 0.412 e. The average molecular weight is 2160 g/mol. The number of nitrogens with one attached hydrogen (secondary N) is 10. The Hall–Kier alpha value is -12.2. The van der Waals surface area contributed by atoms with E-state index in [0.717, 1.165) is 33.4 Å². The van der Waals surface area contributed by atoms with Gasteiger partial charge in [-0.1, -0.05) is 242 Å². The van der Waals surface area contributed by atoms with Crippen LogP contribution in [0.4, 0.5) is 9.59 Å². The summed E-state index contributed by atoms with van der Waals surface area (Å²) in [4.78, 5) is 113. The van der Waals surface area contributed by atoms with Gasteiger partial charge in [0.2, 0.25) is 35.4 Å². The van der Waals surface area contributed by atoms with E-state index in [9.17, 15) is 47.9 Å². The molecule has 0 fully saturated rings. The Balaban J connectivity index is 0.00000165. The van der Waals surface area contributed by atoms with Crippen molar-refractivity contribution in [3.8, 4) is 17.2 Å². The Bertz CT molecular complexity index is 5170. The highest BCUT2D eigenvalue weighted by Crippen LogP contribution is 2.24. The van der Waals surface area contributed by atoms with Gasteiger partial charge in [0, 0.05) is 73.0 Å². The number of carbonyl (C=O) groups is 10. The van der Waals surface area contributed by atoms with Crippen molar-refractivity contribution >= 4 is 106 Å². The van der Waals surface area contributed by atoms with Crippen LogP contribution in [0.25, 0.3) is 0 Å². The third-order valence-corrected chi connectivity index (χ3v) is 18.2. The SMILES string of the molecule is CC(C)(C)NC(=O)COCc1cccc(Cl)c1.CC(C)(C)NC(=O)COCc1ccccc1.CC(C)(C)NC(=O)COc1ccccc1.CC(C)(C)NC(=O)COc1ccccc1Cl.CC(C)COC(=O)NC(C)C.CC(C)NC(=O)COCc1ccc(Cl)cc1.CC(C)NC(=O)COCc1ccccc1Cl.CC(C)NC(=O)Cc1ccccc1.CC(C)NC(=O)Oc1ccccc1.CC(OCc1ccccc1)C(=O)NC(C)(C)C. The third-order valence-electron chi connectivity index (χ3n) is 17.0. The lowest BCUT2D eigenvalue weighted by molar-refractivity contribution is -0.134. The quantitative estimate of drug-likeness (QED) is 0.0174. The van der Waals surface area contributed by atoms with Crippen molar-refractivity contribution in [1.82, 2.24) is 53.2 Å². The maximum atomic E-state index is 11.7. The molecule has 0 aliphatic carbocycles. The zero-order chi connectivity index (χ0) is 113. The van der Waals surface area contributed by atoms with E-state index in [4.69, 9.17) is 89.0 Å². The van der Waals surface area contributed by atoms with Crippen molar-refractivity contribution in [2.75, 3.05) is 46.2 Å². The molecule has 0 aromatic heterocycles. The van der Waals surface area contributed by atoms with Gasteiger partial charge in [-0.2, -0.15) is 0 Å². The summed E-state index contributed by atoms with van der Waals surface area (Å²) in [6.07, 6.45) is -0.705. The number of amides is 10. The Kier molecular flexibility index (Phi) is 71.0. The molecule has 0 radical (unpaired) electrons. The average Bonchev–Trinajstić information content (AvgIpc) is 0.897. The van der Waals surface area contributed by atoms with E-state index >= 15 is 0 Å². The predicted octanol–water partition coefficient (Wildman–Crippen LogP) is 22.5. The zero-order valence-electron chi connectivity index (χ0n) is 93.2. The van der Waals surface area contributed by atoms with Crippen LogP contribution in [0.5, 0.6) is 17.2 Å². The number of ether oxygens (including phenoxy) is 9. The third kappa shape index (κ3) is 84.6. The standard InChI is InChI=1S/C14H21NO2.C13H18ClNO2.C13H19NO2.3C12H16ClNO2.C12H17NO2.C11H15NO.C10H13NO2.C8H17NO2/c1-11(13(16)15-14(2,3)4)17-10-12-8-6-5-7-9-12;1-13(2,3)15-12(16)9-17-8-10-5-4-6-11(14)7-10;1-13(2,3)14-12(15)10-16-9-11-7-5-4-6-8-11;1-12(2,3)14-11(15)8-16-10-7-5-4-6-9(10)13;1-9(2)14-12(15)8-16-7-10-3-5-11(13)6-4-10;1-9(2)14-12(15)8-16-7-10-5-3-4-6-11(10)13;1-12(2,3)13-11(14)9-15-10-7-5-4-6-8-10;1-9(2)12-11(13)8-10-6-4-3-5-7-10;1-8(2)11-10(12)13-9-6-4-3-5-7-9;1-6(2)5-11-8(10)9-7(3)4/h5-9,11H,10H2,1-4H3,(H,15,16);4-7H,8-9H2,1-3H3,(H,15,16);4-8H,9-10H2,1-3H3,(H,14,15);4-7H,8H2,1-3H3,(H,14,15);2*3-6,9H,7-8H2,1-2H3,(H,14,15);4-8H,9H2,1-3H3,(H,13,14);3-7,9H,8H2,1-2H3,(H,12,13);3-8H,1-2H3,(H,11,12);6-7H,5H2,1-4H3,(H,9,10). The fourth-order valence-corrected chi connectivity index (χ4v) is 11.9. The largest absolute Gasteiger partial charge is 0.484 e. The van der Waals surface area contributed by atoms with Crippen LogP contribution in [0.1, 0.15) is 227 Å². The lowest BCUT2D eigenvalue weighted by Gasteiger charge is -2.23. The molecule has 0 spiro atoms. The van der Waals surface area contributed by atoms with Gasteiger partial charge in [0.15, 0.2) is 13.2 Å². The molecular formula is C117H168Cl4N10O19. The van der Waals surface area contributed by atoms with E-state index in [1.165, 1.54) is 0 Å². The van der Waals surface area contributed by atoms with Crippen LogP contribution in [0.15, 0.2) is 249 Å². The van der Waals surface area contributed by atoms with Gasteiger partial charge in [-0.15, -0.1) is 0 Å². The second-order valence-electron chi connectivity index (χ2n) is 41.1. The van der Waals surface area contributed by atoms with Crippen LogP contribution in [0.2, 0.25) is 20.1 Å². The van der Waals surface area contributed by atoms with E-state index in [1.54, 1.807) is 55.5 Å². The molecule has 0 aliphatic heterocycles. The van der Waals surface area contributed by atoms with Gasteiger partial charge in [0.05, 0.1) is 51.1 Å². The summed E-state index contributed by atoms with van der Waals surface area (Å²) in [5, 5.41) is 30.3. The number of hydrogen-bond donors (Lipinski definition) is 10. The Labute approximate surface area is 912 Å². The van der Waals surface area contributed by atoms with Crippen LogP contribution in [-0.4, -0.2) is 170 Å². The number of halogens is 4. The second-order valence-corrected chi connectivity index (χ2v) is 42.8. The molecule has 1 unspecified atom stereocenters. The highest BCUT2D eigenvalue weighted by atomic mass is 35.5. The highest BCUT2D eigenvalue weighted by molar-refractivity contribution is 6.32. The van der Waals surface area contributed by atoms with Gasteiger partial charge in [0.1, 0.15) is 49.8 Å². The molecule has 9 rings (SSSR count). The molecule has 0 heterocycles. The molecule has 10 amide bonds. The summed E-state index contributed by atoms with van der Waals surface area (Å²) in [7, 11) is 0. The molecule has 0 saturated heterocycles. The number of carbonyl (C=O) groups excluding carboxylic acids is 10. The predicted molar refractivity (Wildman–Crippen MR) is 604 cm³/mol. The van der Waals surface area contributed by atoms with Gasteiger partial charge >= 0.3 is 12.2 Å². The van der Waals surface area contributed by atoms with Crippen molar-refractivity contribution in [3.63, 3.8) is 0 Å². The first-order valence-electron chi connectivity index (χ1n) is 49.9. The molecule has 0 aliphatic rings. The van der Waals surface area contributed by atoms with Gasteiger partial charge < -0.3 is 95.8 Å². The van der Waals surface area contributed by atoms with Crippen LogP contribution < -0.4 is 67.4 Å². The minimum absolute atomic E-state index is 0.0268. The summed E-state index contributed by atoms with van der Waals surface area (Å²) >= 11 is 23.4. The minimum Gasteiger partial charge on any atom is -0.484 e. The Morgan fingerprint density at radius 1 is 0.280 bits per heavy atom. The summed E-state index contributed by atoms with van der Waals surface area (Å²) in [6.45, 7) is 56.9. The van der Waals surface area contributed by atoms with E-state index in [2.05, 4.69) is 53.2 Å². The number of para-hydroxylation sites is 3. The van der Waals surface area contributed by atoms with Gasteiger partial charge in [-0.05, 0) is 286 Å². The first kappa shape index (κ1) is 138. The van der Waals surface area contributed by atoms with E-state index in [1.807, 2.05) is 387 Å². The molecule has 33 heteroatoms. The second kappa shape index (κ2) is 77.2. The van der Waals surface area contributed by atoms with Gasteiger partial charge in [-0.3, -0.25) is 38.4 Å². The van der Waals surface area contributed by atoms with Gasteiger partial charge in [0.25, 0.3) is 11.8 Å². The van der Waals surface area contributed by atoms with Gasteiger partial charge in [-0.25, -0.2) is 9.59 Å². The maximum Gasteiger partial charge on any atom is 0.412 e. The molecule has 828 valence electrons. The monoisotopic (exact) mass is 2160 g/mol. The molecule has 1 atom stereocenters. The maximum absolute atomic E-state index is 11.7. The fraction of sp³-hybridized carbons (Fsp3) is 0.453. The summed E-state index contributed by atoms with van der Waals surface area (Å²) in [5.74, 6) is 1.53. The van der Waals surface area contributed by atoms with E-state index < -0.39 is 12.2 Å². The molecule has 0 bridgehead atoms. The number of hydrogen-bond acceptors (Lipinski definition) is 19. The first-order valence-corrected chi connectivity index (χ1v) is 51.4. The lowest BCUT2D eigenvalue weighted by Crippen LogP contribution is -2.45. The fourth-order valence-electron chi connectivity index (χ4n) is 11.2. The topological polar surface area (TPSA) is 374 Å². The summed E-state index contributed by atoms with van der Waals surface area (Å²) in [6, 6.07) is 77.6. The molecule has 0 saturated carbocycles. The molecule has 29 nitrogen and oxygen atoms in total. The first-order chi connectivity index (χ1) is 70.1. The number of benzene rings is 9. The minimum atomic E-state index is -0.436. The number of rotatable bonds is 36. The van der Waals surface area contributed by atoms with Crippen molar-refractivity contribution in [3.05, 3.63) is 302 Å². The molecule has 9 aromatic rings. The van der Waals surface area contributed by atoms with Crippen molar-refractivity contribution in [2.24, 2.45) is 5.92 Å². The Morgan fingerprint density at radius 2 is 0.613 bits per heavy atom. The van der Waals surface area contributed by atoms with Crippen LogP contribution in [-0.2, 0) is 106 Å². The molecule has 9 aromatic carbocycles. The van der Waals surface area contributed by atoms with E-state index in [-0.39, 0.29) is 151 Å². The normalized spacial score (nSPS) is 10.9. The van der Waals surface area contributed by atoms with Crippen molar-refractivity contribution in [2.45, 2.75) is 297 Å². The summed E-state index contributed by atoms with van der Waals surface area (Å²) < 4.78 is 47.1. The summed E-state index contributed by atoms with van der Waals surface area (Å²) in [5.41, 5.74) is 4.95. The highest BCUT2D eigenvalue weighted by Gasteiger charge is 2.22. The number of alkyl carbamates (subject to hydrolysis) is 1. The zero-order valence-corrected chi connectivity index (χ0v) is 96.2. The molecule has 150 heavy (non-hydrogen) atoms. The lowest BCUT2D eigenvalue weighted by atomic mass is 10.1. The Morgan fingerprint density at radius 3 is 1.02 bits per heavy atom. The van der Waals surface area contributed by atoms with Crippen molar-refractivity contribution in [1.29, 1.82) is 0 Å². The van der Waals surface area contributed by atoms with Crippen molar-refractivity contribution < 1.29 is 90.6 Å². The van der Waals surface area contributed by atoms with Crippen LogP contribution >= 0.6 is 46.4 Å². The van der Waals surface area contributed by atoms with Crippen LogP contribution in [0.3, 0.4) is 0 Å². The van der Waals surface area contributed by atoms with E-state index in [0.29, 0.717) is 89.3 Å².